The van der Waals surface area contributed by atoms with Crippen molar-refractivity contribution < 1.29 is 57.1 Å². The van der Waals surface area contributed by atoms with Gasteiger partial charge >= 0.3 is 23.9 Å². The summed E-state index contributed by atoms with van der Waals surface area (Å²) in [7, 11) is 0. The van der Waals surface area contributed by atoms with Gasteiger partial charge in [0, 0.05) is 24.6 Å². The van der Waals surface area contributed by atoms with Crippen LogP contribution >= 0.6 is 0 Å². The summed E-state index contributed by atoms with van der Waals surface area (Å²) in [6, 6.07) is 0. The number of ether oxygens (including phenoxy) is 8. The average molecular weight is 531 g/mol. The number of carbonyl (C=O) groups excluding carboxylic acids is 4. The van der Waals surface area contributed by atoms with Gasteiger partial charge in [-0.2, -0.15) is 0 Å². The number of esters is 4. The van der Waals surface area contributed by atoms with Crippen LogP contribution in [0.4, 0.5) is 0 Å². The van der Waals surface area contributed by atoms with Crippen LogP contribution in [0.3, 0.4) is 0 Å². The van der Waals surface area contributed by atoms with Crippen molar-refractivity contribution >= 4 is 23.9 Å². The molecule has 0 heterocycles. The van der Waals surface area contributed by atoms with Crippen LogP contribution in [0.5, 0.6) is 0 Å². The number of hydrogen-bond acceptors (Lipinski definition) is 12. The molecule has 12 heteroatoms. The summed E-state index contributed by atoms with van der Waals surface area (Å²) in [6.07, 6.45) is 3.39. The molecule has 0 fully saturated rings. The van der Waals surface area contributed by atoms with Crippen LogP contribution in [0.2, 0.25) is 0 Å². The maximum absolute atomic E-state index is 11.3. The molecule has 0 atom stereocenters. The van der Waals surface area contributed by atoms with Crippen LogP contribution in [0.25, 0.3) is 0 Å². The van der Waals surface area contributed by atoms with Crippen molar-refractivity contribution in [2.45, 2.75) is 13.3 Å². The van der Waals surface area contributed by atoms with Gasteiger partial charge in [-0.3, -0.25) is 4.79 Å². The predicted octanol–water partition coefficient (Wildman–Crippen LogP) is 1.18. The van der Waals surface area contributed by atoms with E-state index in [0.717, 1.165) is 18.2 Å². The summed E-state index contributed by atoms with van der Waals surface area (Å²) < 4.78 is 42.6. The number of carbonyl (C=O) groups is 4. The van der Waals surface area contributed by atoms with E-state index in [0.29, 0.717) is 0 Å². The van der Waals surface area contributed by atoms with Crippen molar-refractivity contribution in [1.82, 2.24) is 0 Å². The Morgan fingerprint density at radius 2 is 0.838 bits per heavy atom. The fourth-order valence-corrected chi connectivity index (χ4v) is 2.50. The first-order valence-electron chi connectivity index (χ1n) is 11.7. The Balaban J connectivity index is 5.09. The fraction of sp³-hybridized carbons (Fsp3) is 0.600. The lowest BCUT2D eigenvalue weighted by molar-refractivity contribution is -0.148. The average Bonchev–Trinajstić information content (AvgIpc) is 2.91. The van der Waals surface area contributed by atoms with Crippen LogP contribution in [0.15, 0.2) is 38.0 Å². The van der Waals surface area contributed by atoms with Crippen molar-refractivity contribution in [2.75, 3.05) is 79.3 Å². The Bertz CT molecular complexity index is 644. The molecule has 0 aromatic rings. The molecule has 12 nitrogen and oxygen atoms in total. The van der Waals surface area contributed by atoms with Gasteiger partial charge in [0.25, 0.3) is 0 Å². The highest BCUT2D eigenvalue weighted by atomic mass is 16.6. The van der Waals surface area contributed by atoms with Gasteiger partial charge in [0.2, 0.25) is 0 Å². The zero-order chi connectivity index (χ0) is 27.8. The molecule has 0 aliphatic heterocycles. The van der Waals surface area contributed by atoms with E-state index in [1.807, 2.05) is 0 Å². The molecule has 0 aromatic heterocycles. The topological polar surface area (TPSA) is 142 Å². The van der Waals surface area contributed by atoms with Gasteiger partial charge in [0.05, 0.1) is 58.3 Å². The van der Waals surface area contributed by atoms with Crippen molar-refractivity contribution in [3.8, 4) is 0 Å². The minimum absolute atomic E-state index is 0.00544. The molecular weight excluding hydrogens is 492 g/mol. The molecule has 0 spiro atoms. The van der Waals surface area contributed by atoms with E-state index in [-0.39, 0.29) is 91.7 Å². The third kappa shape index (κ3) is 18.8. The van der Waals surface area contributed by atoms with Gasteiger partial charge in [-0.25, -0.2) is 14.4 Å². The third-order valence-corrected chi connectivity index (χ3v) is 4.33. The molecule has 0 bridgehead atoms. The Kier molecular flexibility index (Phi) is 20.3. The smallest absolute Gasteiger partial charge is 0.330 e. The highest BCUT2D eigenvalue weighted by molar-refractivity contribution is 5.81. The maximum atomic E-state index is 11.3. The van der Waals surface area contributed by atoms with Gasteiger partial charge in [-0.15, -0.1) is 0 Å². The highest BCUT2D eigenvalue weighted by Gasteiger charge is 2.33. The van der Waals surface area contributed by atoms with Crippen LogP contribution in [0.1, 0.15) is 13.3 Å². The van der Waals surface area contributed by atoms with Crippen molar-refractivity contribution in [3.05, 3.63) is 38.0 Å². The van der Waals surface area contributed by atoms with E-state index in [1.54, 1.807) is 6.92 Å². The minimum atomic E-state index is -0.859. The molecule has 0 saturated heterocycles. The molecule has 0 aliphatic rings. The first kappa shape index (κ1) is 33.9. The number of rotatable bonds is 24. The summed E-state index contributed by atoms with van der Waals surface area (Å²) in [4.78, 5) is 45.0. The predicted molar refractivity (Wildman–Crippen MR) is 130 cm³/mol. The van der Waals surface area contributed by atoms with Gasteiger partial charge < -0.3 is 37.9 Å². The second-order valence-electron chi connectivity index (χ2n) is 7.40. The molecule has 0 radical (unpaired) electrons. The molecule has 0 unspecified atom stereocenters. The van der Waals surface area contributed by atoms with Gasteiger partial charge in [-0.1, -0.05) is 26.7 Å². The Hall–Kier alpha value is -3.06. The van der Waals surface area contributed by atoms with Gasteiger partial charge in [-0.05, 0) is 0 Å². The Morgan fingerprint density at radius 1 is 0.541 bits per heavy atom. The summed E-state index contributed by atoms with van der Waals surface area (Å²) in [5.41, 5.74) is -0.859. The first-order valence-corrected chi connectivity index (χ1v) is 11.7. The van der Waals surface area contributed by atoms with Crippen LogP contribution in [-0.4, -0.2) is 103 Å². The Labute approximate surface area is 217 Å². The van der Waals surface area contributed by atoms with E-state index in [9.17, 15) is 19.2 Å². The second kappa shape index (κ2) is 22.2. The zero-order valence-electron chi connectivity index (χ0n) is 21.4. The van der Waals surface area contributed by atoms with Crippen LogP contribution in [-0.2, 0) is 57.1 Å². The third-order valence-electron chi connectivity index (χ3n) is 4.33. The quantitative estimate of drug-likeness (QED) is 0.0765. The van der Waals surface area contributed by atoms with E-state index < -0.39 is 23.3 Å². The molecule has 37 heavy (non-hydrogen) atoms. The summed E-state index contributed by atoms with van der Waals surface area (Å²) >= 11 is 0. The van der Waals surface area contributed by atoms with Crippen molar-refractivity contribution in [1.29, 1.82) is 0 Å². The summed E-state index contributed by atoms with van der Waals surface area (Å²) in [5.74, 6) is -2.07. The normalized spacial score (nSPS) is 10.7. The largest absolute Gasteiger partial charge is 0.463 e. The molecule has 0 rings (SSSR count). The summed E-state index contributed by atoms with van der Waals surface area (Å²) in [6.45, 7) is 12.4. The summed E-state index contributed by atoms with van der Waals surface area (Å²) in [5, 5.41) is 0. The van der Waals surface area contributed by atoms with E-state index in [4.69, 9.17) is 37.9 Å². The lowest BCUT2D eigenvalue weighted by Crippen LogP contribution is -2.43. The van der Waals surface area contributed by atoms with E-state index in [1.165, 1.54) is 0 Å². The fourth-order valence-electron chi connectivity index (χ4n) is 2.50. The molecule has 0 saturated carbocycles. The standard InChI is InChI=1S/C25H38O12/c1-5-21(26)34-13-9-30-17-25(18-31-10-14-35-22(27)6-2,19-32-11-15-36-23(28)7-3)20-33-12-16-37-24(29)8-4/h5-7H,1-3,8-20H2,4H3. The Morgan fingerprint density at radius 3 is 1.11 bits per heavy atom. The lowest BCUT2D eigenvalue weighted by atomic mass is 9.92. The molecule has 0 aromatic carbocycles. The highest BCUT2D eigenvalue weighted by Crippen LogP contribution is 2.21. The van der Waals surface area contributed by atoms with Crippen molar-refractivity contribution in [2.24, 2.45) is 5.41 Å². The maximum Gasteiger partial charge on any atom is 0.330 e. The molecule has 0 N–H and O–H groups in total. The van der Waals surface area contributed by atoms with Crippen LogP contribution < -0.4 is 0 Å². The minimum Gasteiger partial charge on any atom is -0.463 e. The first-order chi connectivity index (χ1) is 17.8. The number of hydrogen-bond donors (Lipinski definition) is 0. The molecule has 210 valence electrons. The zero-order valence-corrected chi connectivity index (χ0v) is 21.4. The van der Waals surface area contributed by atoms with Gasteiger partial charge in [0.1, 0.15) is 26.4 Å². The van der Waals surface area contributed by atoms with Gasteiger partial charge in [0.15, 0.2) is 0 Å². The van der Waals surface area contributed by atoms with E-state index >= 15 is 0 Å². The van der Waals surface area contributed by atoms with Crippen LogP contribution in [0, 0.1) is 5.41 Å². The lowest BCUT2D eigenvalue weighted by Gasteiger charge is -2.33. The van der Waals surface area contributed by atoms with Crippen molar-refractivity contribution in [3.63, 3.8) is 0 Å². The monoisotopic (exact) mass is 530 g/mol. The molecular formula is C25H38O12. The molecule has 0 amide bonds. The second-order valence-corrected chi connectivity index (χ2v) is 7.40. The SMILES string of the molecule is C=CC(=O)OCCOCC(COCCOC(=O)C=C)(COCCOC(=O)C=C)COCCOC(=O)CC. The molecule has 0 aliphatic carbocycles. The van der Waals surface area contributed by atoms with E-state index in [2.05, 4.69) is 19.7 Å².